The van der Waals surface area contributed by atoms with Gasteiger partial charge >= 0.3 is 0 Å². The van der Waals surface area contributed by atoms with Crippen LogP contribution in [0.15, 0.2) is 23.1 Å². The fraction of sp³-hybridized carbons (Fsp3) is 0.500. The van der Waals surface area contributed by atoms with Gasteiger partial charge in [0.2, 0.25) is 0 Å². The van der Waals surface area contributed by atoms with Crippen molar-refractivity contribution in [3.05, 3.63) is 34.5 Å². The molecule has 0 saturated carbocycles. The van der Waals surface area contributed by atoms with Crippen molar-refractivity contribution >= 4 is 16.5 Å². The summed E-state index contributed by atoms with van der Waals surface area (Å²) in [6.07, 6.45) is 6.32. The Morgan fingerprint density at radius 1 is 1.41 bits per heavy atom. The summed E-state index contributed by atoms with van der Waals surface area (Å²) >= 11 is 0. The van der Waals surface area contributed by atoms with Crippen molar-refractivity contribution in [3.63, 3.8) is 0 Å². The van der Waals surface area contributed by atoms with Crippen LogP contribution in [0, 0.1) is 5.82 Å². The summed E-state index contributed by atoms with van der Waals surface area (Å²) in [6, 6.07) is 3.24. The number of anilines is 1. The second-order valence-corrected chi connectivity index (χ2v) is 5.96. The molecule has 1 aromatic carbocycles. The Kier molecular flexibility index (Phi) is 4.38. The van der Waals surface area contributed by atoms with Gasteiger partial charge in [-0.25, -0.2) is 9.49 Å². The number of hydrogen-bond donors (Lipinski definition) is 2. The van der Waals surface area contributed by atoms with E-state index in [1.807, 2.05) is 0 Å². The van der Waals surface area contributed by atoms with Gasteiger partial charge in [-0.2, -0.15) is 5.10 Å². The number of aromatic amines is 1. The molecule has 1 fully saturated rings. The van der Waals surface area contributed by atoms with Gasteiger partial charge in [-0.1, -0.05) is 6.42 Å². The van der Waals surface area contributed by atoms with Crippen LogP contribution in [0.5, 0.6) is 0 Å². The molecule has 2 heterocycles. The van der Waals surface area contributed by atoms with E-state index in [4.69, 9.17) is 0 Å². The molecule has 1 atom stereocenters. The number of benzene rings is 1. The quantitative estimate of drug-likeness (QED) is 0.910. The molecule has 1 aromatic heterocycles. The Bertz CT molecular complexity index is 715. The van der Waals surface area contributed by atoms with Crippen LogP contribution in [0.3, 0.4) is 0 Å². The zero-order valence-corrected chi connectivity index (χ0v) is 12.7. The van der Waals surface area contributed by atoms with Crippen molar-refractivity contribution < 1.29 is 4.39 Å². The standard InChI is InChI=1S/C16H21FN4O/c1-21-7-3-2-4-12(21)5-6-18-15-9-11(17)8-13-14(15)10-19-20-16(13)22/h8-10,12,18H,2-7H2,1H3,(H,20,22). The van der Waals surface area contributed by atoms with Crippen molar-refractivity contribution in [2.24, 2.45) is 0 Å². The van der Waals surface area contributed by atoms with E-state index in [1.54, 1.807) is 6.20 Å². The predicted molar refractivity (Wildman–Crippen MR) is 85.7 cm³/mol. The number of rotatable bonds is 4. The number of fused-ring (bicyclic) bond motifs is 1. The third kappa shape index (κ3) is 3.11. The summed E-state index contributed by atoms with van der Waals surface area (Å²) in [6.45, 7) is 1.90. The molecule has 1 aliphatic rings. The molecule has 3 rings (SSSR count). The van der Waals surface area contributed by atoms with Gasteiger partial charge in [-0.3, -0.25) is 4.79 Å². The lowest BCUT2D eigenvalue weighted by Gasteiger charge is -2.32. The number of likely N-dealkylation sites (tertiary alicyclic amines) is 1. The number of nitrogens with zero attached hydrogens (tertiary/aromatic N) is 2. The monoisotopic (exact) mass is 304 g/mol. The van der Waals surface area contributed by atoms with Crippen molar-refractivity contribution in [3.8, 4) is 0 Å². The first kappa shape index (κ1) is 15.0. The lowest BCUT2D eigenvalue weighted by molar-refractivity contribution is 0.179. The van der Waals surface area contributed by atoms with E-state index >= 15 is 0 Å². The van der Waals surface area contributed by atoms with Gasteiger partial charge in [0.15, 0.2) is 0 Å². The highest BCUT2D eigenvalue weighted by atomic mass is 19.1. The van der Waals surface area contributed by atoms with Gasteiger partial charge in [-0.15, -0.1) is 0 Å². The lowest BCUT2D eigenvalue weighted by atomic mass is 10.00. The minimum atomic E-state index is -0.415. The van der Waals surface area contributed by atoms with E-state index < -0.39 is 5.82 Å². The minimum Gasteiger partial charge on any atom is -0.384 e. The summed E-state index contributed by atoms with van der Waals surface area (Å²) in [7, 11) is 2.16. The van der Waals surface area contributed by atoms with E-state index in [1.165, 1.54) is 31.4 Å². The third-order valence-corrected chi connectivity index (χ3v) is 4.46. The van der Waals surface area contributed by atoms with E-state index in [2.05, 4.69) is 27.5 Å². The molecular formula is C16H21FN4O. The maximum Gasteiger partial charge on any atom is 0.272 e. The maximum atomic E-state index is 13.7. The number of hydrogen-bond acceptors (Lipinski definition) is 4. The summed E-state index contributed by atoms with van der Waals surface area (Å²) in [4.78, 5) is 14.1. The van der Waals surface area contributed by atoms with E-state index in [0.29, 0.717) is 22.5 Å². The van der Waals surface area contributed by atoms with Crippen molar-refractivity contribution in [2.75, 3.05) is 25.5 Å². The Hall–Kier alpha value is -1.95. The highest BCUT2D eigenvalue weighted by molar-refractivity contribution is 5.92. The molecule has 5 nitrogen and oxygen atoms in total. The van der Waals surface area contributed by atoms with Crippen molar-refractivity contribution in [2.45, 2.75) is 31.7 Å². The van der Waals surface area contributed by atoms with Crippen LogP contribution in [0.4, 0.5) is 10.1 Å². The third-order valence-electron chi connectivity index (χ3n) is 4.46. The highest BCUT2D eigenvalue weighted by Gasteiger charge is 2.18. The van der Waals surface area contributed by atoms with Crippen molar-refractivity contribution in [1.82, 2.24) is 15.1 Å². The average Bonchev–Trinajstić information content (AvgIpc) is 2.50. The SMILES string of the molecule is CN1CCCCC1CCNc1cc(F)cc2c(=O)[nH]ncc12. The Morgan fingerprint density at radius 3 is 3.09 bits per heavy atom. The van der Waals surface area contributed by atoms with Gasteiger partial charge < -0.3 is 10.2 Å². The van der Waals surface area contributed by atoms with Gasteiger partial charge in [0.25, 0.3) is 5.56 Å². The van der Waals surface area contributed by atoms with E-state index in [-0.39, 0.29) is 5.56 Å². The first-order valence-electron chi connectivity index (χ1n) is 7.76. The summed E-state index contributed by atoms with van der Waals surface area (Å²) in [5.74, 6) is -0.415. The van der Waals surface area contributed by atoms with Gasteiger partial charge in [0.05, 0.1) is 11.6 Å². The number of halogens is 1. The molecule has 0 aliphatic carbocycles. The molecule has 2 N–H and O–H groups in total. The van der Waals surface area contributed by atoms with Crippen LogP contribution in [0.2, 0.25) is 0 Å². The summed E-state index contributed by atoms with van der Waals surface area (Å²) in [5, 5.41) is 10.4. The number of H-pyrrole nitrogens is 1. The number of nitrogens with one attached hydrogen (secondary N) is 2. The fourth-order valence-electron chi connectivity index (χ4n) is 3.19. The van der Waals surface area contributed by atoms with Crippen LogP contribution in [0.25, 0.3) is 10.8 Å². The van der Waals surface area contributed by atoms with Crippen LogP contribution in [0.1, 0.15) is 25.7 Å². The molecule has 0 spiro atoms. The largest absolute Gasteiger partial charge is 0.384 e. The first-order valence-corrected chi connectivity index (χ1v) is 7.76. The first-order chi connectivity index (χ1) is 10.6. The van der Waals surface area contributed by atoms with Crippen LogP contribution < -0.4 is 10.9 Å². The Labute approximate surface area is 128 Å². The van der Waals surface area contributed by atoms with Gasteiger partial charge in [-0.05, 0) is 45.0 Å². The average molecular weight is 304 g/mol. The molecule has 1 aliphatic heterocycles. The second-order valence-electron chi connectivity index (χ2n) is 5.96. The molecule has 22 heavy (non-hydrogen) atoms. The Balaban J connectivity index is 1.74. The van der Waals surface area contributed by atoms with Crippen molar-refractivity contribution in [1.29, 1.82) is 0 Å². The minimum absolute atomic E-state index is 0.326. The van der Waals surface area contributed by atoms with E-state index in [9.17, 15) is 9.18 Å². The molecule has 1 unspecified atom stereocenters. The molecule has 0 radical (unpaired) electrons. The molecule has 2 aromatic rings. The van der Waals surface area contributed by atoms with E-state index in [0.717, 1.165) is 19.5 Å². The Morgan fingerprint density at radius 2 is 2.27 bits per heavy atom. The van der Waals surface area contributed by atoms with Gasteiger partial charge in [0, 0.05) is 23.7 Å². The van der Waals surface area contributed by atoms with Crippen LogP contribution >= 0.6 is 0 Å². The molecule has 0 amide bonds. The smallest absolute Gasteiger partial charge is 0.272 e. The number of aromatic nitrogens is 2. The summed E-state index contributed by atoms with van der Waals surface area (Å²) in [5.41, 5.74) is 0.263. The summed E-state index contributed by atoms with van der Waals surface area (Å²) < 4.78 is 13.7. The number of piperidine rings is 1. The van der Waals surface area contributed by atoms with Gasteiger partial charge in [0.1, 0.15) is 5.82 Å². The van der Waals surface area contributed by atoms with Crippen LogP contribution in [-0.4, -0.2) is 41.3 Å². The second kappa shape index (κ2) is 6.44. The molecular weight excluding hydrogens is 283 g/mol. The zero-order valence-electron chi connectivity index (χ0n) is 12.7. The zero-order chi connectivity index (χ0) is 15.5. The predicted octanol–water partition coefficient (Wildman–Crippen LogP) is 2.35. The normalized spacial score (nSPS) is 19.5. The lowest BCUT2D eigenvalue weighted by Crippen LogP contribution is -2.37. The molecule has 118 valence electrons. The topological polar surface area (TPSA) is 61.0 Å². The van der Waals surface area contributed by atoms with Crippen LogP contribution in [-0.2, 0) is 0 Å². The molecule has 6 heteroatoms. The fourth-order valence-corrected chi connectivity index (χ4v) is 3.19. The molecule has 1 saturated heterocycles. The molecule has 0 bridgehead atoms. The maximum absolute atomic E-state index is 13.7. The highest BCUT2D eigenvalue weighted by Crippen LogP contribution is 2.23.